The molecule has 1 aliphatic rings. The Morgan fingerprint density at radius 1 is 1.42 bits per heavy atom. The van der Waals surface area contributed by atoms with Crippen LogP contribution in [0.5, 0.6) is 0 Å². The van der Waals surface area contributed by atoms with E-state index in [1.807, 2.05) is 20.8 Å². The zero-order valence-electron chi connectivity index (χ0n) is 15.5. The highest BCUT2D eigenvalue weighted by Crippen LogP contribution is 2.36. The summed E-state index contributed by atoms with van der Waals surface area (Å²) < 4.78 is 18.4. The summed E-state index contributed by atoms with van der Waals surface area (Å²) in [7, 11) is 1.59. The van der Waals surface area contributed by atoms with Gasteiger partial charge < -0.3 is 25.1 Å². The normalized spacial score (nSPS) is 25.3. The van der Waals surface area contributed by atoms with E-state index in [4.69, 9.17) is 19.9 Å². The maximum Gasteiger partial charge on any atom is 0.280 e. The molecule has 10 nitrogen and oxygen atoms in total. The van der Waals surface area contributed by atoms with Gasteiger partial charge in [0.25, 0.3) is 5.56 Å². The number of imidazole rings is 1. The summed E-state index contributed by atoms with van der Waals surface area (Å²) in [6, 6.07) is 0. The molecular weight excluding hydrogens is 342 g/mol. The number of aromatic nitrogens is 4. The molecule has 0 saturated carbocycles. The molecule has 2 aromatic rings. The van der Waals surface area contributed by atoms with E-state index >= 15 is 0 Å². The monoisotopic (exact) mass is 369 g/mol. The molecule has 0 bridgehead atoms. The van der Waals surface area contributed by atoms with Crippen molar-refractivity contribution in [3.05, 3.63) is 16.7 Å². The lowest BCUT2D eigenvalue weighted by Gasteiger charge is -2.22. The zero-order valence-corrected chi connectivity index (χ0v) is 15.5. The van der Waals surface area contributed by atoms with Gasteiger partial charge in [-0.1, -0.05) is 20.8 Å². The highest BCUT2D eigenvalue weighted by Gasteiger charge is 2.44. The van der Waals surface area contributed by atoms with Gasteiger partial charge in [-0.3, -0.25) is 14.3 Å². The first kappa shape index (κ1) is 20.3. The zero-order chi connectivity index (χ0) is 19.3. The van der Waals surface area contributed by atoms with Crippen LogP contribution in [0, 0.1) is 5.92 Å². The number of nitrogens with one attached hydrogen (secondary N) is 1. The van der Waals surface area contributed by atoms with Gasteiger partial charge >= 0.3 is 0 Å². The minimum atomic E-state index is -0.576. The number of rotatable bonds is 6. The number of H-pyrrole nitrogens is 1. The molecule has 0 aliphatic carbocycles. The third kappa shape index (κ3) is 3.88. The van der Waals surface area contributed by atoms with E-state index < -0.39 is 11.8 Å². The Hall–Kier alpha value is -2.01. The molecule has 4 unspecified atom stereocenters. The second-order valence-corrected chi connectivity index (χ2v) is 5.71. The number of nitrogens with zero attached hydrogens (tertiary/aromatic N) is 3. The molecule has 1 aliphatic heterocycles. The molecule has 0 amide bonds. The third-order valence-corrected chi connectivity index (χ3v) is 4.20. The second-order valence-electron chi connectivity index (χ2n) is 5.71. The van der Waals surface area contributed by atoms with Crippen LogP contribution in [0.3, 0.4) is 0 Å². The van der Waals surface area contributed by atoms with E-state index in [9.17, 15) is 9.90 Å². The first-order chi connectivity index (χ1) is 12.6. The number of methoxy groups -OCH3 is 1. The van der Waals surface area contributed by atoms with E-state index in [2.05, 4.69) is 15.0 Å². The van der Waals surface area contributed by atoms with Crippen molar-refractivity contribution in [2.45, 2.75) is 39.2 Å². The number of hydrogen-bond donors (Lipinski definition) is 3. The Bertz CT molecular complexity index is 761. The van der Waals surface area contributed by atoms with Crippen LogP contribution in [0.25, 0.3) is 11.2 Å². The molecule has 4 atom stereocenters. The predicted molar refractivity (Wildman–Crippen MR) is 95.7 cm³/mol. The van der Waals surface area contributed by atoms with Gasteiger partial charge in [-0.25, -0.2) is 4.98 Å². The van der Waals surface area contributed by atoms with Gasteiger partial charge in [0.1, 0.15) is 6.10 Å². The number of nitrogen functional groups attached to an aromatic ring is 1. The molecule has 1 fully saturated rings. The van der Waals surface area contributed by atoms with Gasteiger partial charge in [0.2, 0.25) is 5.95 Å². The molecule has 1 saturated heterocycles. The second kappa shape index (κ2) is 9.08. The summed E-state index contributed by atoms with van der Waals surface area (Å²) in [4.78, 5) is 22.6. The maximum absolute atomic E-state index is 11.9. The number of aliphatic hydroxyl groups is 1. The quantitative estimate of drug-likeness (QED) is 0.618. The van der Waals surface area contributed by atoms with Gasteiger partial charge in [0, 0.05) is 13.0 Å². The Labute approximate surface area is 151 Å². The van der Waals surface area contributed by atoms with Crippen molar-refractivity contribution >= 4 is 17.1 Å². The van der Waals surface area contributed by atoms with Gasteiger partial charge in [-0.15, -0.1) is 0 Å². The van der Waals surface area contributed by atoms with Crippen molar-refractivity contribution in [3.8, 4) is 0 Å². The molecule has 3 heterocycles. The van der Waals surface area contributed by atoms with Crippen molar-refractivity contribution < 1.29 is 19.3 Å². The summed E-state index contributed by atoms with van der Waals surface area (Å²) in [5.74, 6) is -0.0653. The fraction of sp³-hybridized carbons (Fsp3) is 0.688. The van der Waals surface area contributed by atoms with Gasteiger partial charge in [0.05, 0.1) is 32.3 Å². The van der Waals surface area contributed by atoms with Crippen LogP contribution in [0.15, 0.2) is 11.1 Å². The minimum Gasteiger partial charge on any atom is -0.394 e. The number of hydrogen-bond acceptors (Lipinski definition) is 8. The minimum absolute atomic E-state index is 0.00384. The summed E-state index contributed by atoms with van der Waals surface area (Å²) in [5, 5.41) is 9.52. The number of anilines is 1. The highest BCUT2D eigenvalue weighted by atomic mass is 16.6. The van der Waals surface area contributed by atoms with Crippen LogP contribution in [-0.4, -0.2) is 63.8 Å². The number of aromatic amines is 1. The van der Waals surface area contributed by atoms with Crippen molar-refractivity contribution in [2.75, 3.05) is 32.7 Å². The molecule has 146 valence electrons. The topological polar surface area (TPSA) is 138 Å². The lowest BCUT2D eigenvalue weighted by atomic mass is 10.0. The Morgan fingerprint density at radius 3 is 2.81 bits per heavy atom. The van der Waals surface area contributed by atoms with E-state index in [0.717, 1.165) is 0 Å². The van der Waals surface area contributed by atoms with Gasteiger partial charge in [0.15, 0.2) is 17.4 Å². The molecule has 3 rings (SSSR count). The Balaban J connectivity index is 0.00000117. The van der Waals surface area contributed by atoms with Crippen LogP contribution >= 0.6 is 0 Å². The molecule has 10 heteroatoms. The largest absolute Gasteiger partial charge is 0.394 e. The summed E-state index contributed by atoms with van der Waals surface area (Å²) in [6.07, 6.45) is 0.153. The number of fused-ring (bicyclic) bond motifs is 1. The lowest BCUT2D eigenvalue weighted by Crippen LogP contribution is -2.30. The van der Waals surface area contributed by atoms with E-state index in [1.54, 1.807) is 11.7 Å². The van der Waals surface area contributed by atoms with Crippen molar-refractivity contribution in [3.63, 3.8) is 0 Å². The first-order valence-corrected chi connectivity index (χ1v) is 8.66. The van der Waals surface area contributed by atoms with Crippen LogP contribution < -0.4 is 11.3 Å². The standard InChI is InChI=1S/C14H21N5O5.C2H6/c1-7-8(5-20)24-13(10(7)23-4-3-22-2)19-6-16-9-11(19)17-14(15)18-12(9)21;1-2/h6-8,10,13,20H,3-5H2,1-2H3,(H3,15,17,18,21);1-2H3. The molecular formula is C16H27N5O5. The third-order valence-electron chi connectivity index (χ3n) is 4.20. The van der Waals surface area contributed by atoms with E-state index in [0.29, 0.717) is 18.9 Å². The highest BCUT2D eigenvalue weighted by molar-refractivity contribution is 5.70. The van der Waals surface area contributed by atoms with Crippen molar-refractivity contribution in [1.29, 1.82) is 0 Å². The summed E-state index contributed by atoms with van der Waals surface area (Å²) in [5.41, 5.74) is 5.69. The fourth-order valence-corrected chi connectivity index (χ4v) is 2.92. The van der Waals surface area contributed by atoms with E-state index in [1.165, 1.54) is 6.33 Å². The average molecular weight is 369 g/mol. The predicted octanol–water partition coefficient (Wildman–Crippen LogP) is 0.285. The molecule has 0 aromatic carbocycles. The van der Waals surface area contributed by atoms with Crippen molar-refractivity contribution in [1.82, 2.24) is 19.5 Å². The SMILES string of the molecule is CC.COCCOC1C(C)C(CO)OC1n1cnc2c(=O)[nH]c(N)nc21. The lowest BCUT2D eigenvalue weighted by molar-refractivity contribution is -0.0757. The number of nitrogens with two attached hydrogens (primary N) is 1. The average Bonchev–Trinajstić information content (AvgIpc) is 3.18. The Morgan fingerprint density at radius 2 is 2.15 bits per heavy atom. The van der Waals surface area contributed by atoms with Crippen molar-refractivity contribution in [2.24, 2.45) is 5.92 Å². The maximum atomic E-state index is 11.9. The molecule has 0 spiro atoms. The van der Waals surface area contributed by atoms with Gasteiger partial charge in [-0.05, 0) is 0 Å². The Kier molecular flexibility index (Phi) is 7.09. The molecule has 2 aromatic heterocycles. The smallest absolute Gasteiger partial charge is 0.280 e. The summed E-state index contributed by atoms with van der Waals surface area (Å²) >= 11 is 0. The van der Waals surface area contributed by atoms with Crippen LogP contribution in [0.4, 0.5) is 5.95 Å². The van der Waals surface area contributed by atoms with Crippen LogP contribution in [-0.2, 0) is 14.2 Å². The molecule has 26 heavy (non-hydrogen) atoms. The van der Waals surface area contributed by atoms with E-state index in [-0.39, 0.29) is 36.2 Å². The van der Waals surface area contributed by atoms with Crippen LogP contribution in [0.1, 0.15) is 27.0 Å². The fourth-order valence-electron chi connectivity index (χ4n) is 2.92. The van der Waals surface area contributed by atoms with Crippen LogP contribution in [0.2, 0.25) is 0 Å². The number of ether oxygens (including phenoxy) is 3. The molecule has 0 radical (unpaired) electrons. The number of aliphatic hydroxyl groups excluding tert-OH is 1. The first-order valence-electron chi connectivity index (χ1n) is 8.66. The molecule has 4 N–H and O–H groups in total. The summed E-state index contributed by atoms with van der Waals surface area (Å²) in [6.45, 7) is 6.62. The van der Waals surface area contributed by atoms with Gasteiger partial charge in [-0.2, -0.15) is 4.98 Å².